The second kappa shape index (κ2) is 6.63. The van der Waals surface area contributed by atoms with E-state index in [1.165, 1.54) is 0 Å². The Morgan fingerprint density at radius 3 is 2.38 bits per heavy atom. The first-order valence-electron chi connectivity index (χ1n) is 4.42. The van der Waals surface area contributed by atoms with Gasteiger partial charge >= 0.3 is 6.61 Å². The van der Waals surface area contributed by atoms with Gasteiger partial charge in [0.1, 0.15) is 5.76 Å². The van der Waals surface area contributed by atoms with Crippen molar-refractivity contribution >= 4 is 0 Å². The van der Waals surface area contributed by atoms with Crippen LogP contribution in [0.2, 0.25) is 0 Å². The molecule has 13 heavy (non-hydrogen) atoms. The summed E-state index contributed by atoms with van der Waals surface area (Å²) >= 11 is 0. The molecule has 0 radical (unpaired) electrons. The summed E-state index contributed by atoms with van der Waals surface area (Å²) in [5.41, 5.74) is 1.03. The number of allylic oxidation sites excluding steroid dienone is 3. The monoisotopic (exact) mass is 190 g/mol. The van der Waals surface area contributed by atoms with Crippen LogP contribution in [0.3, 0.4) is 0 Å². The minimum atomic E-state index is -2.74. The van der Waals surface area contributed by atoms with Gasteiger partial charge < -0.3 is 4.74 Å². The molecular formula is C10H16F2O. The molecule has 0 aliphatic heterocycles. The average molecular weight is 190 g/mol. The molecule has 3 heteroatoms. The topological polar surface area (TPSA) is 9.23 Å². The highest BCUT2D eigenvalue weighted by molar-refractivity contribution is 5.17. The van der Waals surface area contributed by atoms with Crippen molar-refractivity contribution in [2.24, 2.45) is 0 Å². The van der Waals surface area contributed by atoms with Crippen molar-refractivity contribution in [3.8, 4) is 0 Å². The maximum absolute atomic E-state index is 11.9. The van der Waals surface area contributed by atoms with Crippen LogP contribution in [0, 0.1) is 0 Å². The fourth-order valence-corrected chi connectivity index (χ4v) is 0.790. The van der Waals surface area contributed by atoms with Crippen molar-refractivity contribution < 1.29 is 13.5 Å². The SMILES string of the molecule is CC/C=C(\C=C(/C)CC)OC(F)F. The quantitative estimate of drug-likeness (QED) is 0.472. The zero-order chi connectivity index (χ0) is 10.3. The van der Waals surface area contributed by atoms with Gasteiger partial charge in [0, 0.05) is 0 Å². The molecule has 0 aromatic heterocycles. The summed E-state index contributed by atoms with van der Waals surface area (Å²) in [6, 6.07) is 0. The summed E-state index contributed by atoms with van der Waals surface area (Å²) in [5, 5.41) is 0. The van der Waals surface area contributed by atoms with Crippen LogP contribution in [-0.4, -0.2) is 6.61 Å². The van der Waals surface area contributed by atoms with Gasteiger partial charge in [-0.2, -0.15) is 8.78 Å². The standard InChI is InChI=1S/C10H16F2O/c1-4-6-9(13-10(11)12)7-8(3)5-2/h6-7,10H,4-5H2,1-3H3/b8-7+,9-6+. The zero-order valence-corrected chi connectivity index (χ0v) is 8.31. The minimum absolute atomic E-state index is 0.261. The first-order valence-corrected chi connectivity index (χ1v) is 4.42. The highest BCUT2D eigenvalue weighted by Gasteiger charge is 2.04. The van der Waals surface area contributed by atoms with Crippen LogP contribution in [0.15, 0.2) is 23.5 Å². The summed E-state index contributed by atoms with van der Waals surface area (Å²) in [6.45, 7) is 3.00. The van der Waals surface area contributed by atoms with E-state index < -0.39 is 6.61 Å². The molecule has 0 bridgehead atoms. The van der Waals surface area contributed by atoms with E-state index in [0.717, 1.165) is 12.0 Å². The van der Waals surface area contributed by atoms with Gasteiger partial charge in [0.05, 0.1) is 0 Å². The van der Waals surface area contributed by atoms with Gasteiger partial charge in [-0.15, -0.1) is 0 Å². The second-order valence-corrected chi connectivity index (χ2v) is 2.74. The van der Waals surface area contributed by atoms with Crippen LogP contribution in [0.4, 0.5) is 8.78 Å². The molecule has 0 saturated carbocycles. The van der Waals surface area contributed by atoms with E-state index in [4.69, 9.17) is 0 Å². The van der Waals surface area contributed by atoms with Gasteiger partial charge in [-0.25, -0.2) is 0 Å². The molecule has 0 amide bonds. The second-order valence-electron chi connectivity index (χ2n) is 2.74. The highest BCUT2D eigenvalue weighted by atomic mass is 19.3. The minimum Gasteiger partial charge on any atom is -0.435 e. The fourth-order valence-electron chi connectivity index (χ4n) is 0.790. The lowest BCUT2D eigenvalue weighted by atomic mass is 10.2. The van der Waals surface area contributed by atoms with Crippen LogP contribution >= 0.6 is 0 Å². The maximum Gasteiger partial charge on any atom is 0.387 e. The van der Waals surface area contributed by atoms with Crippen LogP contribution in [0.1, 0.15) is 33.6 Å². The molecule has 0 aliphatic carbocycles. The van der Waals surface area contributed by atoms with Gasteiger partial charge in [-0.1, -0.05) is 19.4 Å². The van der Waals surface area contributed by atoms with Crippen molar-refractivity contribution in [3.05, 3.63) is 23.5 Å². The molecule has 0 N–H and O–H groups in total. The van der Waals surface area contributed by atoms with Crippen molar-refractivity contribution in [3.63, 3.8) is 0 Å². The number of rotatable bonds is 5. The number of hydrogen-bond acceptors (Lipinski definition) is 1. The van der Waals surface area contributed by atoms with E-state index in [0.29, 0.717) is 6.42 Å². The molecule has 0 unspecified atom stereocenters. The lowest BCUT2D eigenvalue weighted by Gasteiger charge is -2.06. The number of alkyl halides is 2. The Kier molecular flexibility index (Phi) is 6.20. The third kappa shape index (κ3) is 6.31. The van der Waals surface area contributed by atoms with Crippen molar-refractivity contribution in [2.75, 3.05) is 0 Å². The fraction of sp³-hybridized carbons (Fsp3) is 0.600. The Bertz CT molecular complexity index is 195. The summed E-state index contributed by atoms with van der Waals surface area (Å²) in [5.74, 6) is 0.261. The smallest absolute Gasteiger partial charge is 0.387 e. The highest BCUT2D eigenvalue weighted by Crippen LogP contribution is 2.11. The Morgan fingerprint density at radius 2 is 2.00 bits per heavy atom. The summed E-state index contributed by atoms with van der Waals surface area (Å²) in [4.78, 5) is 0. The first-order chi connectivity index (χ1) is 6.10. The average Bonchev–Trinajstić information content (AvgIpc) is 2.03. The van der Waals surface area contributed by atoms with Crippen LogP contribution in [-0.2, 0) is 4.74 Å². The molecule has 76 valence electrons. The van der Waals surface area contributed by atoms with Crippen molar-refractivity contribution in [2.45, 2.75) is 40.2 Å². The Hall–Kier alpha value is -0.860. The van der Waals surface area contributed by atoms with Gasteiger partial charge in [0.2, 0.25) is 0 Å². The normalized spacial score (nSPS) is 13.7. The third-order valence-corrected chi connectivity index (χ3v) is 1.58. The molecule has 0 spiro atoms. The van der Waals surface area contributed by atoms with E-state index in [9.17, 15) is 8.78 Å². The Morgan fingerprint density at radius 1 is 1.38 bits per heavy atom. The Balaban J connectivity index is 4.35. The van der Waals surface area contributed by atoms with Gasteiger partial charge in [0.25, 0.3) is 0 Å². The largest absolute Gasteiger partial charge is 0.435 e. The van der Waals surface area contributed by atoms with Gasteiger partial charge in [-0.3, -0.25) is 0 Å². The summed E-state index contributed by atoms with van der Waals surface area (Å²) < 4.78 is 28.1. The third-order valence-electron chi connectivity index (χ3n) is 1.58. The molecule has 0 fully saturated rings. The van der Waals surface area contributed by atoms with E-state index in [1.807, 2.05) is 20.8 Å². The van der Waals surface area contributed by atoms with Gasteiger partial charge in [0.15, 0.2) is 0 Å². The molecule has 0 aromatic rings. The van der Waals surface area contributed by atoms with Crippen LogP contribution in [0.25, 0.3) is 0 Å². The molecule has 0 heterocycles. The van der Waals surface area contributed by atoms with Crippen molar-refractivity contribution in [1.82, 2.24) is 0 Å². The number of hydrogen-bond donors (Lipinski definition) is 0. The molecule has 0 atom stereocenters. The predicted molar refractivity (Wildman–Crippen MR) is 49.5 cm³/mol. The molecule has 0 rings (SSSR count). The van der Waals surface area contributed by atoms with E-state index in [2.05, 4.69) is 4.74 Å². The van der Waals surface area contributed by atoms with Crippen LogP contribution < -0.4 is 0 Å². The number of ether oxygens (including phenoxy) is 1. The first kappa shape index (κ1) is 12.1. The maximum atomic E-state index is 11.9. The lowest BCUT2D eigenvalue weighted by Crippen LogP contribution is -1.97. The lowest BCUT2D eigenvalue weighted by molar-refractivity contribution is -0.0923. The molecule has 0 aliphatic rings. The molecule has 0 saturated heterocycles. The van der Waals surface area contributed by atoms with E-state index >= 15 is 0 Å². The molecule has 1 nitrogen and oxygen atoms in total. The van der Waals surface area contributed by atoms with E-state index in [1.54, 1.807) is 12.2 Å². The zero-order valence-electron chi connectivity index (χ0n) is 8.31. The van der Waals surface area contributed by atoms with E-state index in [-0.39, 0.29) is 5.76 Å². The summed E-state index contributed by atoms with van der Waals surface area (Å²) in [7, 11) is 0. The van der Waals surface area contributed by atoms with Gasteiger partial charge in [-0.05, 0) is 31.9 Å². The number of halogens is 2. The van der Waals surface area contributed by atoms with Crippen LogP contribution in [0.5, 0.6) is 0 Å². The summed E-state index contributed by atoms with van der Waals surface area (Å²) in [6.07, 6.45) is 4.82. The Labute approximate surface area is 78.1 Å². The van der Waals surface area contributed by atoms with Crippen molar-refractivity contribution in [1.29, 1.82) is 0 Å². The molecular weight excluding hydrogens is 174 g/mol. The predicted octanol–water partition coefficient (Wildman–Crippen LogP) is 3.88. The molecule has 0 aromatic carbocycles.